The number of hydrogen-bond acceptors (Lipinski definition) is 11. The summed E-state index contributed by atoms with van der Waals surface area (Å²) in [6.45, 7) is 1.90. The van der Waals surface area contributed by atoms with E-state index in [-0.39, 0.29) is 5.82 Å². The Balaban J connectivity index is 1.23. The summed E-state index contributed by atoms with van der Waals surface area (Å²) in [5.74, 6) is 1.95. The first kappa shape index (κ1) is 26.9. The number of aliphatic hydroxyl groups excluding tert-OH is 2. The molecule has 1 aliphatic rings. The molecule has 0 unspecified atom stereocenters. The van der Waals surface area contributed by atoms with Crippen LogP contribution in [-0.2, 0) is 16.9 Å². The summed E-state index contributed by atoms with van der Waals surface area (Å²) in [6, 6.07) is 19.3. The lowest BCUT2D eigenvalue weighted by atomic mass is 10.1. The molecule has 0 spiro atoms. The first-order chi connectivity index (χ1) is 20.0. The fourth-order valence-corrected chi connectivity index (χ4v) is 6.14. The van der Waals surface area contributed by atoms with Crippen LogP contribution in [0, 0.1) is 18.3 Å². The Morgan fingerprint density at radius 2 is 1.83 bits per heavy atom. The Bertz CT molecular complexity index is 1720. The molecule has 1 saturated heterocycles. The van der Waals surface area contributed by atoms with Gasteiger partial charge in [-0.2, -0.15) is 22.1 Å². The van der Waals surface area contributed by atoms with Crippen molar-refractivity contribution < 1.29 is 19.5 Å². The van der Waals surface area contributed by atoms with E-state index in [1.54, 1.807) is 11.8 Å². The number of hydrogen-bond donors (Lipinski definition) is 3. The molecule has 4 N–H and O–H groups in total. The molecule has 6 rings (SSSR count). The van der Waals surface area contributed by atoms with Crippen LogP contribution in [0.3, 0.4) is 0 Å². The van der Waals surface area contributed by atoms with Crippen molar-refractivity contribution in [1.82, 2.24) is 24.9 Å². The molecule has 0 amide bonds. The normalized spacial score (nSPS) is 20.4. The topological polar surface area (TPSA) is 169 Å². The molecule has 2 aromatic carbocycles. The van der Waals surface area contributed by atoms with Gasteiger partial charge in [0.05, 0.1) is 29.7 Å². The van der Waals surface area contributed by atoms with Gasteiger partial charge in [-0.05, 0) is 12.5 Å². The zero-order valence-corrected chi connectivity index (χ0v) is 22.9. The van der Waals surface area contributed by atoms with Crippen LogP contribution in [0.2, 0.25) is 0 Å². The zero-order chi connectivity index (χ0) is 28.5. The predicted octanol–water partition coefficient (Wildman–Crippen LogP) is 3.66. The van der Waals surface area contributed by atoms with Gasteiger partial charge in [0.2, 0.25) is 0 Å². The lowest BCUT2D eigenvalue weighted by Gasteiger charge is -2.15. The van der Waals surface area contributed by atoms with E-state index < -0.39 is 24.5 Å². The number of aliphatic hydroxyl groups is 2. The van der Waals surface area contributed by atoms with Crippen LogP contribution in [0.25, 0.3) is 33.6 Å². The van der Waals surface area contributed by atoms with Gasteiger partial charge in [-0.1, -0.05) is 59.8 Å². The molecule has 41 heavy (non-hydrogen) atoms. The van der Waals surface area contributed by atoms with Crippen LogP contribution >= 0.6 is 11.8 Å². The number of ether oxygens (including phenoxy) is 1. The van der Waals surface area contributed by atoms with Crippen molar-refractivity contribution in [2.24, 2.45) is 0 Å². The van der Waals surface area contributed by atoms with E-state index in [4.69, 9.17) is 25.4 Å². The number of nitriles is 1. The van der Waals surface area contributed by atoms with Crippen molar-refractivity contribution in [3.8, 4) is 28.7 Å². The summed E-state index contributed by atoms with van der Waals surface area (Å²) in [4.78, 5) is 8.51. The molecule has 1 fully saturated rings. The Labute approximate surface area is 239 Å². The smallest absolute Gasteiger partial charge is 0.181 e. The second kappa shape index (κ2) is 11.3. The molecule has 0 bridgehead atoms. The molecule has 11 nitrogen and oxygen atoms in total. The fraction of sp³-hybridized carbons (Fsp3) is 0.276. The maximum Gasteiger partial charge on any atom is 0.181 e. The number of aromatic nitrogens is 5. The molecule has 208 valence electrons. The number of nitrogens with two attached hydrogens (primary N) is 1. The van der Waals surface area contributed by atoms with E-state index in [9.17, 15) is 10.2 Å². The van der Waals surface area contributed by atoms with Crippen LogP contribution in [0.4, 0.5) is 5.82 Å². The van der Waals surface area contributed by atoms with Crippen LogP contribution < -0.4 is 5.73 Å². The van der Waals surface area contributed by atoms with Crippen molar-refractivity contribution in [1.29, 1.82) is 5.26 Å². The summed E-state index contributed by atoms with van der Waals surface area (Å²) in [6.07, 6.45) is -2.42. The predicted molar refractivity (Wildman–Crippen MR) is 153 cm³/mol. The van der Waals surface area contributed by atoms with Gasteiger partial charge < -0.3 is 25.2 Å². The number of fused-ring (bicyclic) bond motifs is 1. The van der Waals surface area contributed by atoms with E-state index in [2.05, 4.69) is 21.2 Å². The van der Waals surface area contributed by atoms with Crippen molar-refractivity contribution in [3.05, 3.63) is 77.7 Å². The second-order valence-corrected chi connectivity index (χ2v) is 10.8. The third-order valence-corrected chi connectivity index (χ3v) is 8.21. The van der Waals surface area contributed by atoms with Crippen LogP contribution in [0.5, 0.6) is 0 Å². The first-order valence-corrected chi connectivity index (χ1v) is 14.2. The highest BCUT2D eigenvalue weighted by atomic mass is 32.2. The Kier molecular flexibility index (Phi) is 7.42. The summed E-state index contributed by atoms with van der Waals surface area (Å²) < 4.78 is 13.2. The van der Waals surface area contributed by atoms with Gasteiger partial charge >= 0.3 is 0 Å². The zero-order valence-electron chi connectivity index (χ0n) is 22.1. The van der Waals surface area contributed by atoms with Crippen LogP contribution in [0.15, 0.2) is 65.4 Å². The number of aryl methyl sites for hydroxylation is 1. The molecule has 4 atom stereocenters. The number of nitrogen functional groups attached to an aromatic ring is 1. The fourth-order valence-electron chi connectivity index (χ4n) is 4.97. The van der Waals surface area contributed by atoms with E-state index in [0.717, 1.165) is 33.7 Å². The molecule has 0 aliphatic carbocycles. The summed E-state index contributed by atoms with van der Waals surface area (Å²) in [7, 11) is 0. The third kappa shape index (κ3) is 5.05. The molecular weight excluding hydrogens is 542 g/mol. The van der Waals surface area contributed by atoms with Crippen molar-refractivity contribution in [2.75, 3.05) is 11.5 Å². The lowest BCUT2D eigenvalue weighted by Crippen LogP contribution is -2.32. The highest BCUT2D eigenvalue weighted by Crippen LogP contribution is 2.38. The molecular formula is C29H27N7O4S. The largest absolute Gasteiger partial charge is 0.387 e. The molecule has 12 heteroatoms. The van der Waals surface area contributed by atoms with Gasteiger partial charge in [0, 0.05) is 28.2 Å². The summed E-state index contributed by atoms with van der Waals surface area (Å²) >= 11 is 1.55. The number of benzene rings is 2. The van der Waals surface area contributed by atoms with E-state index in [1.165, 1.54) is 11.0 Å². The lowest BCUT2D eigenvalue weighted by molar-refractivity contribution is -0.0360. The second-order valence-electron chi connectivity index (χ2n) is 9.79. The van der Waals surface area contributed by atoms with Crippen LogP contribution in [-0.4, -0.2) is 59.2 Å². The molecule has 4 heterocycles. The number of anilines is 1. The number of thioether (sulfide) groups is 1. The minimum atomic E-state index is -1.25. The third-order valence-electron chi connectivity index (χ3n) is 7.16. The maximum atomic E-state index is 11.0. The molecule has 0 radical (unpaired) electrons. The van der Waals surface area contributed by atoms with Gasteiger partial charge in [0.25, 0.3) is 0 Å². The molecule has 1 aliphatic heterocycles. The monoisotopic (exact) mass is 569 g/mol. The van der Waals surface area contributed by atoms with Gasteiger partial charge in [0.15, 0.2) is 17.6 Å². The number of rotatable bonds is 8. The average Bonchev–Trinajstić information content (AvgIpc) is 3.64. The minimum absolute atomic E-state index is 0.232. The average molecular weight is 570 g/mol. The maximum absolute atomic E-state index is 11.0. The highest BCUT2D eigenvalue weighted by molar-refractivity contribution is 7.98. The molecule has 3 aromatic heterocycles. The first-order valence-electron chi connectivity index (χ1n) is 13.0. The van der Waals surface area contributed by atoms with E-state index in [0.29, 0.717) is 34.7 Å². The van der Waals surface area contributed by atoms with Gasteiger partial charge in [-0.15, -0.1) is 0 Å². The SMILES string of the molecule is Cc1noc(-c2ccccc2)c1CSC[C@H]1O[C@@H](n2nc(-c3ccc(CC#N)cc3)c3c(N)ncnc32)[C@H](O)[C@@H]1O. The van der Waals surface area contributed by atoms with E-state index >= 15 is 0 Å². The quantitative estimate of drug-likeness (QED) is 0.249. The van der Waals surface area contributed by atoms with Crippen molar-refractivity contribution in [3.63, 3.8) is 0 Å². The minimum Gasteiger partial charge on any atom is -0.387 e. The van der Waals surface area contributed by atoms with Gasteiger partial charge in [0.1, 0.15) is 30.0 Å². The Morgan fingerprint density at radius 1 is 1.05 bits per heavy atom. The molecule has 5 aromatic rings. The van der Waals surface area contributed by atoms with E-state index in [1.807, 2.05) is 61.5 Å². The number of nitrogens with zero attached hydrogens (tertiary/aromatic N) is 6. The summed E-state index contributed by atoms with van der Waals surface area (Å²) in [5, 5.41) is 40.3. The Hall–Kier alpha value is -4.28. The Morgan fingerprint density at radius 3 is 2.59 bits per heavy atom. The van der Waals surface area contributed by atoms with Crippen LogP contribution in [0.1, 0.15) is 23.0 Å². The molecule has 0 saturated carbocycles. The standard InChI is InChI=1S/C29H27N7O4S/c1-16-20(26(40-35-16)19-5-3-2-4-6-19)13-41-14-21-24(37)25(38)29(39-21)36-28-22(27(31)32-15-33-28)23(34-36)18-9-7-17(8-10-18)11-12-30/h2-10,15,21,24-25,29,37-38H,11,13-14H2,1H3,(H2,31,32,33)/t21-,24-,25-,29-/m1/s1. The van der Waals surface area contributed by atoms with Gasteiger partial charge in [-0.3, -0.25) is 0 Å². The highest BCUT2D eigenvalue weighted by Gasteiger charge is 2.45. The van der Waals surface area contributed by atoms with Crippen molar-refractivity contribution >= 4 is 28.6 Å². The van der Waals surface area contributed by atoms with Crippen molar-refractivity contribution in [2.45, 2.75) is 43.6 Å². The van der Waals surface area contributed by atoms with Gasteiger partial charge in [-0.25, -0.2) is 14.6 Å². The summed E-state index contributed by atoms with van der Waals surface area (Å²) in [5.41, 5.74) is 11.5.